The average Bonchev–Trinajstić information content (AvgIpc) is 2.39. The smallest absolute Gasteiger partial charge is 0.125 e. The molecule has 1 heterocycles. The molecule has 106 valence electrons. The van der Waals surface area contributed by atoms with Crippen molar-refractivity contribution in [1.82, 2.24) is 5.32 Å². The van der Waals surface area contributed by atoms with Crippen molar-refractivity contribution in [2.24, 2.45) is 0 Å². The van der Waals surface area contributed by atoms with E-state index in [1.54, 1.807) is 7.11 Å². The van der Waals surface area contributed by atoms with Crippen LogP contribution >= 0.6 is 15.9 Å². The van der Waals surface area contributed by atoms with Crippen LogP contribution in [0.3, 0.4) is 0 Å². The molecular formula is C16H24BrNO. The maximum absolute atomic E-state index is 5.69. The van der Waals surface area contributed by atoms with Gasteiger partial charge in [0.15, 0.2) is 0 Å². The first-order chi connectivity index (χ1) is 9.11. The van der Waals surface area contributed by atoms with Crippen LogP contribution in [0.25, 0.3) is 0 Å². The number of methoxy groups -OCH3 is 1. The molecule has 1 fully saturated rings. The first-order valence-corrected chi connectivity index (χ1v) is 8.00. The number of hydrogen-bond donors (Lipinski definition) is 1. The number of rotatable bonds is 4. The molecular weight excluding hydrogens is 302 g/mol. The normalized spacial score (nSPS) is 19.7. The topological polar surface area (TPSA) is 21.3 Å². The van der Waals surface area contributed by atoms with Crippen LogP contribution in [0.15, 0.2) is 16.6 Å². The van der Waals surface area contributed by atoms with Gasteiger partial charge in [-0.15, -0.1) is 0 Å². The predicted molar refractivity (Wildman–Crippen MR) is 84.1 cm³/mol. The molecule has 0 aromatic heterocycles. The molecule has 1 aromatic carbocycles. The lowest BCUT2D eigenvalue weighted by Gasteiger charge is -2.25. The second kappa shape index (κ2) is 6.76. The second-order valence-corrected chi connectivity index (χ2v) is 6.61. The van der Waals surface area contributed by atoms with Gasteiger partial charge in [-0.3, -0.25) is 0 Å². The van der Waals surface area contributed by atoms with Crippen molar-refractivity contribution < 1.29 is 4.74 Å². The van der Waals surface area contributed by atoms with Crippen LogP contribution in [0.2, 0.25) is 0 Å². The second-order valence-electron chi connectivity index (χ2n) is 5.69. The van der Waals surface area contributed by atoms with Crippen LogP contribution in [-0.2, 0) is 6.42 Å². The van der Waals surface area contributed by atoms with E-state index in [1.807, 2.05) is 0 Å². The van der Waals surface area contributed by atoms with Gasteiger partial charge in [0, 0.05) is 10.5 Å². The third kappa shape index (κ3) is 3.73. The molecule has 1 atom stereocenters. The van der Waals surface area contributed by atoms with E-state index >= 15 is 0 Å². The number of piperidine rings is 1. The van der Waals surface area contributed by atoms with Crippen LogP contribution in [0.4, 0.5) is 0 Å². The summed E-state index contributed by atoms with van der Waals surface area (Å²) >= 11 is 3.63. The summed E-state index contributed by atoms with van der Waals surface area (Å²) < 4.78 is 6.84. The Morgan fingerprint density at radius 2 is 2.16 bits per heavy atom. The van der Waals surface area contributed by atoms with Gasteiger partial charge in [-0.1, -0.05) is 36.2 Å². The number of nitrogens with one attached hydrogen (secondary N) is 1. The van der Waals surface area contributed by atoms with Gasteiger partial charge in [0.1, 0.15) is 5.75 Å². The average molecular weight is 326 g/mol. The van der Waals surface area contributed by atoms with Gasteiger partial charge in [-0.2, -0.15) is 0 Å². The van der Waals surface area contributed by atoms with Gasteiger partial charge < -0.3 is 10.1 Å². The molecule has 0 amide bonds. The molecule has 0 saturated carbocycles. The molecule has 1 N–H and O–H groups in total. The molecule has 1 aliphatic heterocycles. The zero-order chi connectivity index (χ0) is 13.8. The lowest BCUT2D eigenvalue weighted by atomic mass is 9.93. The summed E-state index contributed by atoms with van der Waals surface area (Å²) in [5.41, 5.74) is 2.61. The van der Waals surface area contributed by atoms with Crippen molar-refractivity contribution in [1.29, 1.82) is 0 Å². The van der Waals surface area contributed by atoms with E-state index in [4.69, 9.17) is 4.74 Å². The molecule has 2 nitrogen and oxygen atoms in total. The highest BCUT2D eigenvalue weighted by atomic mass is 79.9. The molecule has 1 unspecified atom stereocenters. The summed E-state index contributed by atoms with van der Waals surface area (Å²) in [6.07, 6.45) is 4.98. The van der Waals surface area contributed by atoms with Gasteiger partial charge >= 0.3 is 0 Å². The molecule has 0 aliphatic carbocycles. The first kappa shape index (κ1) is 14.9. The fraction of sp³-hybridized carbons (Fsp3) is 0.625. The minimum absolute atomic E-state index is 0.477. The molecule has 3 heteroatoms. The van der Waals surface area contributed by atoms with E-state index in [9.17, 15) is 0 Å². The lowest BCUT2D eigenvalue weighted by molar-refractivity contribution is 0.378. The van der Waals surface area contributed by atoms with Crippen molar-refractivity contribution in [3.05, 3.63) is 27.7 Å². The Morgan fingerprint density at radius 3 is 2.74 bits per heavy atom. The Labute approximate surface area is 125 Å². The van der Waals surface area contributed by atoms with E-state index in [-0.39, 0.29) is 0 Å². The van der Waals surface area contributed by atoms with Crippen molar-refractivity contribution in [2.45, 2.75) is 51.5 Å². The monoisotopic (exact) mass is 325 g/mol. The Morgan fingerprint density at radius 1 is 1.37 bits per heavy atom. The van der Waals surface area contributed by atoms with Gasteiger partial charge in [0.2, 0.25) is 0 Å². The number of hydrogen-bond acceptors (Lipinski definition) is 2. The molecule has 1 saturated heterocycles. The molecule has 1 aliphatic rings. The summed E-state index contributed by atoms with van der Waals surface area (Å²) in [5.74, 6) is 1.55. The molecule has 0 spiro atoms. The predicted octanol–water partition coefficient (Wildman–Crippen LogP) is 4.27. The van der Waals surface area contributed by atoms with Crippen LogP contribution in [-0.4, -0.2) is 19.7 Å². The summed E-state index contributed by atoms with van der Waals surface area (Å²) in [6.45, 7) is 5.58. The Hall–Kier alpha value is -0.540. The Balaban J connectivity index is 2.27. The summed E-state index contributed by atoms with van der Waals surface area (Å²) in [4.78, 5) is 0. The highest BCUT2D eigenvalue weighted by Crippen LogP contribution is 2.34. The lowest BCUT2D eigenvalue weighted by Crippen LogP contribution is -2.35. The van der Waals surface area contributed by atoms with Crippen molar-refractivity contribution in [3.8, 4) is 5.75 Å². The maximum atomic E-state index is 5.69. The van der Waals surface area contributed by atoms with Gasteiger partial charge in [-0.05, 0) is 55.0 Å². The molecule has 0 bridgehead atoms. The van der Waals surface area contributed by atoms with E-state index < -0.39 is 0 Å². The zero-order valence-corrected chi connectivity index (χ0v) is 13.7. The zero-order valence-electron chi connectivity index (χ0n) is 12.1. The van der Waals surface area contributed by atoms with E-state index in [1.165, 1.54) is 30.4 Å². The Bertz CT molecular complexity index is 425. The highest BCUT2D eigenvalue weighted by Gasteiger charge is 2.18. The summed E-state index contributed by atoms with van der Waals surface area (Å²) in [7, 11) is 1.78. The molecule has 0 radical (unpaired) electrons. The minimum Gasteiger partial charge on any atom is -0.496 e. The number of ether oxygens (including phenoxy) is 1. The van der Waals surface area contributed by atoms with Crippen molar-refractivity contribution >= 4 is 15.9 Å². The highest BCUT2D eigenvalue weighted by molar-refractivity contribution is 9.10. The fourth-order valence-electron chi connectivity index (χ4n) is 2.87. The van der Waals surface area contributed by atoms with Crippen LogP contribution in [0, 0.1) is 0 Å². The first-order valence-electron chi connectivity index (χ1n) is 7.21. The SMILES string of the molecule is COc1c(CC2CCCCN2)cc(Br)cc1C(C)C. The molecule has 1 aromatic rings. The van der Waals surface area contributed by atoms with Gasteiger partial charge in [0.25, 0.3) is 0 Å². The summed E-state index contributed by atoms with van der Waals surface area (Å²) in [6, 6.07) is 4.99. The van der Waals surface area contributed by atoms with E-state index in [2.05, 4.69) is 47.2 Å². The number of halogens is 1. The van der Waals surface area contributed by atoms with Crippen LogP contribution < -0.4 is 10.1 Å². The summed E-state index contributed by atoms with van der Waals surface area (Å²) in [5, 5.41) is 3.62. The number of benzene rings is 1. The van der Waals surface area contributed by atoms with Crippen LogP contribution in [0.1, 0.15) is 50.2 Å². The minimum atomic E-state index is 0.477. The third-order valence-corrected chi connectivity index (χ3v) is 4.32. The van der Waals surface area contributed by atoms with E-state index in [0.717, 1.165) is 23.2 Å². The van der Waals surface area contributed by atoms with E-state index in [0.29, 0.717) is 12.0 Å². The molecule has 2 rings (SSSR count). The van der Waals surface area contributed by atoms with Crippen molar-refractivity contribution in [2.75, 3.05) is 13.7 Å². The Kier molecular flexibility index (Phi) is 5.28. The third-order valence-electron chi connectivity index (χ3n) is 3.86. The fourth-order valence-corrected chi connectivity index (χ4v) is 3.39. The van der Waals surface area contributed by atoms with Gasteiger partial charge in [-0.25, -0.2) is 0 Å². The standard InChI is InChI=1S/C16H24BrNO/c1-11(2)15-10-13(17)8-12(16(15)19-3)9-14-6-4-5-7-18-14/h8,10-11,14,18H,4-7,9H2,1-3H3. The maximum Gasteiger partial charge on any atom is 0.125 e. The van der Waals surface area contributed by atoms with Crippen LogP contribution in [0.5, 0.6) is 5.75 Å². The van der Waals surface area contributed by atoms with Crippen molar-refractivity contribution in [3.63, 3.8) is 0 Å². The van der Waals surface area contributed by atoms with Gasteiger partial charge in [0.05, 0.1) is 7.11 Å². The molecule has 19 heavy (non-hydrogen) atoms. The largest absolute Gasteiger partial charge is 0.496 e. The quantitative estimate of drug-likeness (QED) is 0.892.